The summed E-state index contributed by atoms with van der Waals surface area (Å²) >= 11 is 0. The fourth-order valence-corrected chi connectivity index (χ4v) is 5.85. The lowest BCUT2D eigenvalue weighted by Gasteiger charge is -2.31. The molecule has 162 valence electrons. The highest BCUT2D eigenvalue weighted by atomic mass is 32.2. The van der Waals surface area contributed by atoms with Gasteiger partial charge in [0.25, 0.3) is 0 Å². The van der Waals surface area contributed by atoms with Crippen LogP contribution in [0.25, 0.3) is 11.4 Å². The molecule has 2 aliphatic rings. The van der Waals surface area contributed by atoms with Crippen molar-refractivity contribution in [3.05, 3.63) is 30.1 Å². The Balaban J connectivity index is 1.41. The van der Waals surface area contributed by atoms with Gasteiger partial charge in [0, 0.05) is 37.3 Å². The number of hydrogen-bond donors (Lipinski definition) is 1. The molecule has 0 radical (unpaired) electrons. The normalized spacial score (nSPS) is 20.0. The van der Waals surface area contributed by atoms with E-state index in [1.165, 1.54) is 4.31 Å². The van der Waals surface area contributed by atoms with Crippen molar-refractivity contribution in [1.82, 2.24) is 19.1 Å². The van der Waals surface area contributed by atoms with E-state index in [9.17, 15) is 13.2 Å². The molecule has 1 saturated heterocycles. The third-order valence-electron chi connectivity index (χ3n) is 5.88. The Bertz CT molecular complexity index is 1000. The van der Waals surface area contributed by atoms with Crippen molar-refractivity contribution in [2.45, 2.75) is 52.0 Å². The number of aryl methyl sites for hydroxylation is 1. The molecule has 9 heteroatoms. The highest BCUT2D eigenvalue weighted by Gasteiger charge is 2.31. The fourth-order valence-electron chi connectivity index (χ4n) is 4.26. The van der Waals surface area contributed by atoms with Gasteiger partial charge in [-0.05, 0) is 56.4 Å². The quantitative estimate of drug-likeness (QED) is 0.758. The van der Waals surface area contributed by atoms with Gasteiger partial charge in [-0.25, -0.2) is 12.7 Å². The van der Waals surface area contributed by atoms with Crippen molar-refractivity contribution in [1.29, 1.82) is 0 Å². The van der Waals surface area contributed by atoms with E-state index in [0.717, 1.165) is 43.0 Å². The number of nitrogens with zero attached hydrogens (tertiary/aromatic N) is 4. The number of aromatic nitrogens is 3. The molecule has 0 bridgehead atoms. The van der Waals surface area contributed by atoms with Gasteiger partial charge in [0.05, 0.1) is 11.7 Å². The smallest absolute Gasteiger partial charge is 0.228 e. The number of hydrogen-bond acceptors (Lipinski definition) is 5. The number of sulfonamides is 1. The average molecular weight is 432 g/mol. The van der Waals surface area contributed by atoms with Crippen LogP contribution in [0, 0.1) is 5.92 Å². The fraction of sp³-hybridized carbons (Fsp3) is 0.571. The van der Waals surface area contributed by atoms with E-state index >= 15 is 0 Å². The highest BCUT2D eigenvalue weighted by molar-refractivity contribution is 7.89. The molecule has 2 aliphatic heterocycles. The Morgan fingerprint density at radius 1 is 1.13 bits per heavy atom. The first-order chi connectivity index (χ1) is 14.5. The first-order valence-electron chi connectivity index (χ1n) is 10.8. The second kappa shape index (κ2) is 8.85. The average Bonchev–Trinajstić information content (AvgIpc) is 3.18. The molecule has 1 aromatic carbocycles. The van der Waals surface area contributed by atoms with Crippen LogP contribution in [-0.2, 0) is 27.8 Å². The summed E-state index contributed by atoms with van der Waals surface area (Å²) in [6, 6.07) is 7.62. The minimum absolute atomic E-state index is 0.126. The molecular formula is C21H29N5O3S. The number of fused-ring (bicyclic) bond motifs is 1. The summed E-state index contributed by atoms with van der Waals surface area (Å²) in [6.07, 6.45) is 5.25. The van der Waals surface area contributed by atoms with Crippen molar-refractivity contribution in [3.63, 3.8) is 0 Å². The number of carbonyl (C=O) groups is 1. The number of anilines is 1. The van der Waals surface area contributed by atoms with E-state index in [1.807, 2.05) is 31.2 Å². The van der Waals surface area contributed by atoms with Gasteiger partial charge < -0.3 is 9.88 Å². The maximum absolute atomic E-state index is 12.7. The van der Waals surface area contributed by atoms with Crippen molar-refractivity contribution in [2.24, 2.45) is 5.92 Å². The van der Waals surface area contributed by atoms with Crippen LogP contribution in [0.3, 0.4) is 0 Å². The zero-order chi connectivity index (χ0) is 21.1. The van der Waals surface area contributed by atoms with Crippen LogP contribution in [0.4, 0.5) is 5.69 Å². The lowest BCUT2D eigenvalue weighted by Crippen LogP contribution is -2.44. The molecule has 1 fully saturated rings. The van der Waals surface area contributed by atoms with E-state index in [2.05, 4.69) is 20.1 Å². The summed E-state index contributed by atoms with van der Waals surface area (Å²) in [5, 5.41) is 11.6. The van der Waals surface area contributed by atoms with E-state index < -0.39 is 10.0 Å². The van der Waals surface area contributed by atoms with Gasteiger partial charge in [0.2, 0.25) is 15.9 Å². The SMILES string of the molecule is CCCS(=O)(=O)N1CCCC(C(=O)Nc2ccc(-c3nnc4n3CCCC4)cc2)C1. The number of nitrogens with one attached hydrogen (secondary N) is 1. The van der Waals surface area contributed by atoms with Gasteiger partial charge in [0.15, 0.2) is 5.82 Å². The van der Waals surface area contributed by atoms with Crippen LogP contribution in [0.15, 0.2) is 24.3 Å². The van der Waals surface area contributed by atoms with Gasteiger partial charge in [-0.3, -0.25) is 4.79 Å². The van der Waals surface area contributed by atoms with Crippen LogP contribution in [0.2, 0.25) is 0 Å². The molecule has 0 saturated carbocycles. The molecule has 0 aliphatic carbocycles. The molecule has 8 nitrogen and oxygen atoms in total. The molecule has 0 spiro atoms. The largest absolute Gasteiger partial charge is 0.326 e. The topological polar surface area (TPSA) is 97.2 Å². The lowest BCUT2D eigenvalue weighted by atomic mass is 9.98. The zero-order valence-corrected chi connectivity index (χ0v) is 18.2. The Kier molecular flexibility index (Phi) is 6.19. The molecule has 1 aromatic heterocycles. The van der Waals surface area contributed by atoms with Crippen molar-refractivity contribution in [2.75, 3.05) is 24.2 Å². The summed E-state index contributed by atoms with van der Waals surface area (Å²) in [5.74, 6) is 1.59. The second-order valence-corrected chi connectivity index (χ2v) is 10.2. The molecule has 1 N–H and O–H groups in total. The third kappa shape index (κ3) is 4.41. The Morgan fingerprint density at radius 3 is 2.70 bits per heavy atom. The Morgan fingerprint density at radius 2 is 1.93 bits per heavy atom. The summed E-state index contributed by atoms with van der Waals surface area (Å²) in [7, 11) is -3.27. The maximum atomic E-state index is 12.7. The highest BCUT2D eigenvalue weighted by Crippen LogP contribution is 2.25. The number of piperidine rings is 1. The van der Waals surface area contributed by atoms with Crippen LogP contribution >= 0.6 is 0 Å². The summed E-state index contributed by atoms with van der Waals surface area (Å²) in [6.45, 7) is 3.56. The standard InChI is InChI=1S/C21H29N5O3S/c1-2-14-30(28,29)25-12-5-6-17(15-25)21(27)22-18-10-8-16(9-11-18)20-24-23-19-7-3-4-13-26(19)20/h8-11,17H,2-7,12-15H2,1H3,(H,22,27). The summed E-state index contributed by atoms with van der Waals surface area (Å²) < 4.78 is 28.3. The maximum Gasteiger partial charge on any atom is 0.228 e. The first kappa shape index (κ1) is 21.0. The number of amides is 1. The first-order valence-corrected chi connectivity index (χ1v) is 12.4. The van der Waals surface area contributed by atoms with Crippen molar-refractivity contribution in [3.8, 4) is 11.4 Å². The third-order valence-corrected chi connectivity index (χ3v) is 7.92. The number of benzene rings is 1. The van der Waals surface area contributed by atoms with Gasteiger partial charge in [-0.2, -0.15) is 0 Å². The predicted molar refractivity (Wildman–Crippen MR) is 115 cm³/mol. The number of carbonyl (C=O) groups excluding carboxylic acids is 1. The summed E-state index contributed by atoms with van der Waals surface area (Å²) in [5.41, 5.74) is 1.68. The molecule has 1 amide bonds. The van der Waals surface area contributed by atoms with Gasteiger partial charge in [-0.1, -0.05) is 6.92 Å². The van der Waals surface area contributed by atoms with Crippen LogP contribution in [-0.4, -0.2) is 52.2 Å². The molecule has 1 unspecified atom stereocenters. The molecule has 4 rings (SSSR count). The molecular weight excluding hydrogens is 402 g/mol. The van der Waals surface area contributed by atoms with E-state index in [-0.39, 0.29) is 24.1 Å². The van der Waals surface area contributed by atoms with E-state index in [4.69, 9.17) is 0 Å². The minimum atomic E-state index is -3.27. The monoisotopic (exact) mass is 431 g/mol. The van der Waals surface area contributed by atoms with Crippen LogP contribution < -0.4 is 5.32 Å². The predicted octanol–water partition coefficient (Wildman–Crippen LogP) is 2.67. The van der Waals surface area contributed by atoms with Crippen LogP contribution in [0.1, 0.15) is 44.9 Å². The zero-order valence-electron chi connectivity index (χ0n) is 17.4. The van der Waals surface area contributed by atoms with E-state index in [0.29, 0.717) is 31.5 Å². The number of rotatable bonds is 6. The van der Waals surface area contributed by atoms with Crippen LogP contribution in [0.5, 0.6) is 0 Å². The van der Waals surface area contributed by atoms with E-state index in [1.54, 1.807) is 0 Å². The summed E-state index contributed by atoms with van der Waals surface area (Å²) in [4.78, 5) is 12.7. The molecule has 30 heavy (non-hydrogen) atoms. The van der Waals surface area contributed by atoms with Crippen molar-refractivity contribution < 1.29 is 13.2 Å². The molecule has 1 atom stereocenters. The van der Waals surface area contributed by atoms with Gasteiger partial charge in [-0.15, -0.1) is 10.2 Å². The Hall–Kier alpha value is -2.26. The van der Waals surface area contributed by atoms with Gasteiger partial charge >= 0.3 is 0 Å². The minimum Gasteiger partial charge on any atom is -0.326 e. The van der Waals surface area contributed by atoms with Gasteiger partial charge in [0.1, 0.15) is 5.82 Å². The Labute approximate surface area is 177 Å². The van der Waals surface area contributed by atoms with Crippen molar-refractivity contribution >= 4 is 21.6 Å². The lowest BCUT2D eigenvalue weighted by molar-refractivity contribution is -0.120. The second-order valence-electron chi connectivity index (χ2n) is 8.13. The molecule has 3 heterocycles. The molecule has 2 aromatic rings.